The monoisotopic (exact) mass is 154 g/mol. The van der Waals surface area contributed by atoms with E-state index < -0.39 is 5.91 Å². The number of nitrogen functional groups attached to an aromatic ring is 1. The molecule has 0 saturated carbocycles. The average Bonchev–Trinajstić information content (AvgIpc) is 2.31. The molecule has 0 aliphatic heterocycles. The Morgan fingerprint density at radius 3 is 2.55 bits per heavy atom. The fourth-order valence-electron chi connectivity index (χ4n) is 0.607. The average molecular weight is 154 g/mol. The van der Waals surface area contributed by atoms with E-state index in [0.29, 0.717) is 6.29 Å². The fourth-order valence-corrected chi connectivity index (χ4v) is 0.607. The smallest absolute Gasteiger partial charge is 0.284 e. The molecule has 58 valence electrons. The molecule has 1 rings (SSSR count). The molecule has 0 radical (unpaired) electrons. The zero-order valence-electron chi connectivity index (χ0n) is 5.50. The highest BCUT2D eigenvalue weighted by Gasteiger charge is 2.09. The van der Waals surface area contributed by atoms with Crippen molar-refractivity contribution in [3.63, 3.8) is 0 Å². The summed E-state index contributed by atoms with van der Waals surface area (Å²) in [6, 6.07) is 0. The van der Waals surface area contributed by atoms with Crippen molar-refractivity contribution in [1.82, 2.24) is 9.97 Å². The van der Waals surface area contributed by atoms with Crippen LogP contribution in [-0.4, -0.2) is 22.2 Å². The molecule has 0 spiro atoms. The van der Waals surface area contributed by atoms with Crippen LogP contribution in [0.25, 0.3) is 0 Å². The van der Waals surface area contributed by atoms with Crippen LogP contribution in [0, 0.1) is 0 Å². The Morgan fingerprint density at radius 1 is 1.64 bits per heavy atom. The maximum atomic E-state index is 10.4. The van der Waals surface area contributed by atoms with E-state index in [4.69, 9.17) is 11.5 Å². The fraction of sp³-hybridized carbons (Fsp3) is 0. The zero-order chi connectivity index (χ0) is 8.43. The van der Waals surface area contributed by atoms with E-state index in [9.17, 15) is 9.59 Å². The summed E-state index contributed by atoms with van der Waals surface area (Å²) in [5.74, 6) is -0.872. The molecule has 6 nitrogen and oxygen atoms in total. The second kappa shape index (κ2) is 2.41. The maximum absolute atomic E-state index is 10.4. The van der Waals surface area contributed by atoms with E-state index in [0.717, 1.165) is 0 Å². The Balaban J connectivity index is 3.14. The van der Waals surface area contributed by atoms with Gasteiger partial charge in [-0.05, 0) is 0 Å². The largest absolute Gasteiger partial charge is 0.382 e. The first kappa shape index (κ1) is 7.26. The minimum Gasteiger partial charge on any atom is -0.382 e. The molecular weight excluding hydrogens is 148 g/mol. The quantitative estimate of drug-likeness (QED) is 0.469. The number of aldehydes is 1. The summed E-state index contributed by atoms with van der Waals surface area (Å²) in [4.78, 5) is 26.4. The molecule has 1 aromatic heterocycles. The molecule has 1 heterocycles. The molecule has 0 aliphatic rings. The molecule has 5 N–H and O–H groups in total. The van der Waals surface area contributed by atoms with Crippen LogP contribution in [0.3, 0.4) is 0 Å². The number of nitrogens with one attached hydrogen (secondary N) is 1. The Morgan fingerprint density at radius 2 is 2.27 bits per heavy atom. The SMILES string of the molecule is NC(=O)c1nc(N)c(C=O)[nH]1. The number of nitrogens with zero attached hydrogens (tertiary/aromatic N) is 1. The van der Waals surface area contributed by atoms with Crippen molar-refractivity contribution in [2.24, 2.45) is 5.73 Å². The molecule has 0 atom stereocenters. The molecule has 0 saturated heterocycles. The number of rotatable bonds is 2. The minimum absolute atomic E-state index is 0.0196. The van der Waals surface area contributed by atoms with E-state index in [-0.39, 0.29) is 17.3 Å². The van der Waals surface area contributed by atoms with E-state index in [1.807, 2.05) is 0 Å². The summed E-state index contributed by atoms with van der Waals surface area (Å²) >= 11 is 0. The van der Waals surface area contributed by atoms with Crippen LogP contribution in [0.5, 0.6) is 0 Å². The molecule has 0 bridgehead atoms. The number of carbonyl (C=O) groups is 2. The van der Waals surface area contributed by atoms with Crippen LogP contribution in [0.2, 0.25) is 0 Å². The number of amides is 1. The number of H-pyrrole nitrogens is 1. The second-order valence-electron chi connectivity index (χ2n) is 1.87. The van der Waals surface area contributed by atoms with E-state index in [2.05, 4.69) is 9.97 Å². The lowest BCUT2D eigenvalue weighted by Crippen LogP contribution is -2.12. The standard InChI is InChI=1S/C5H6N4O2/c6-3-2(1-10)8-5(9-3)4(7)11/h1H,6H2,(H2,7,11)(H,8,9). The third kappa shape index (κ3) is 1.18. The molecule has 1 amide bonds. The third-order valence-electron chi connectivity index (χ3n) is 1.11. The molecule has 0 aromatic carbocycles. The van der Waals surface area contributed by atoms with Gasteiger partial charge in [0.05, 0.1) is 0 Å². The molecular formula is C5H6N4O2. The highest BCUT2D eigenvalue weighted by atomic mass is 16.1. The van der Waals surface area contributed by atoms with Gasteiger partial charge in [-0.2, -0.15) is 0 Å². The first-order valence-electron chi connectivity index (χ1n) is 2.75. The molecule has 6 heteroatoms. The number of primary amides is 1. The molecule has 1 aromatic rings. The normalized spacial score (nSPS) is 9.45. The van der Waals surface area contributed by atoms with Gasteiger partial charge in [-0.25, -0.2) is 4.98 Å². The number of carbonyl (C=O) groups excluding carboxylic acids is 2. The van der Waals surface area contributed by atoms with Crippen molar-refractivity contribution in [2.45, 2.75) is 0 Å². The summed E-state index contributed by atoms with van der Waals surface area (Å²) in [6.45, 7) is 0. The zero-order valence-corrected chi connectivity index (χ0v) is 5.50. The Kier molecular flexibility index (Phi) is 1.59. The van der Waals surface area contributed by atoms with Gasteiger partial charge in [0.2, 0.25) is 0 Å². The van der Waals surface area contributed by atoms with E-state index >= 15 is 0 Å². The van der Waals surface area contributed by atoms with E-state index in [1.165, 1.54) is 0 Å². The molecule has 0 unspecified atom stereocenters. The lowest BCUT2D eigenvalue weighted by atomic mass is 10.5. The molecule has 11 heavy (non-hydrogen) atoms. The van der Waals surface area contributed by atoms with Crippen LogP contribution in [0.1, 0.15) is 21.1 Å². The number of aromatic nitrogens is 2. The van der Waals surface area contributed by atoms with Gasteiger partial charge < -0.3 is 16.5 Å². The van der Waals surface area contributed by atoms with Crippen LogP contribution in [-0.2, 0) is 0 Å². The van der Waals surface area contributed by atoms with Crippen molar-refractivity contribution in [2.75, 3.05) is 5.73 Å². The summed E-state index contributed by atoms with van der Waals surface area (Å²) in [6.07, 6.45) is 0.467. The van der Waals surface area contributed by atoms with Crippen LogP contribution in [0.4, 0.5) is 5.82 Å². The lowest BCUT2D eigenvalue weighted by molar-refractivity contribution is 0.0991. The summed E-state index contributed by atoms with van der Waals surface area (Å²) in [5, 5.41) is 0. The van der Waals surface area contributed by atoms with Gasteiger partial charge in [0.1, 0.15) is 5.69 Å². The Bertz CT molecular complexity index is 303. The second-order valence-corrected chi connectivity index (χ2v) is 1.87. The van der Waals surface area contributed by atoms with Crippen molar-refractivity contribution < 1.29 is 9.59 Å². The third-order valence-corrected chi connectivity index (χ3v) is 1.11. The molecule has 0 fully saturated rings. The number of nitrogens with two attached hydrogens (primary N) is 2. The topological polar surface area (TPSA) is 115 Å². The van der Waals surface area contributed by atoms with Gasteiger partial charge >= 0.3 is 0 Å². The molecule has 0 aliphatic carbocycles. The van der Waals surface area contributed by atoms with Crippen LogP contribution < -0.4 is 11.5 Å². The number of aromatic amines is 1. The van der Waals surface area contributed by atoms with Crippen molar-refractivity contribution in [3.05, 3.63) is 11.5 Å². The maximum Gasteiger partial charge on any atom is 0.284 e. The van der Waals surface area contributed by atoms with Gasteiger partial charge in [0.15, 0.2) is 17.9 Å². The predicted octanol–water partition coefficient (Wildman–Crippen LogP) is -1.10. The summed E-state index contributed by atoms with van der Waals surface area (Å²) in [7, 11) is 0. The predicted molar refractivity (Wildman–Crippen MR) is 36.9 cm³/mol. The van der Waals surface area contributed by atoms with Crippen molar-refractivity contribution in [1.29, 1.82) is 0 Å². The highest BCUT2D eigenvalue weighted by molar-refractivity contribution is 5.91. The van der Waals surface area contributed by atoms with Crippen LogP contribution >= 0.6 is 0 Å². The van der Waals surface area contributed by atoms with Gasteiger partial charge in [0, 0.05) is 0 Å². The first-order chi connectivity index (χ1) is 5.15. The minimum atomic E-state index is -0.746. The Labute approximate surface area is 61.6 Å². The first-order valence-corrected chi connectivity index (χ1v) is 2.75. The van der Waals surface area contributed by atoms with Crippen molar-refractivity contribution in [3.8, 4) is 0 Å². The van der Waals surface area contributed by atoms with Gasteiger partial charge in [-0.3, -0.25) is 9.59 Å². The van der Waals surface area contributed by atoms with Gasteiger partial charge in [-0.15, -0.1) is 0 Å². The number of anilines is 1. The van der Waals surface area contributed by atoms with E-state index in [1.54, 1.807) is 0 Å². The highest BCUT2D eigenvalue weighted by Crippen LogP contribution is 2.03. The van der Waals surface area contributed by atoms with Gasteiger partial charge in [-0.1, -0.05) is 0 Å². The van der Waals surface area contributed by atoms with Crippen LogP contribution in [0.15, 0.2) is 0 Å². The number of hydrogen-bond donors (Lipinski definition) is 3. The lowest BCUT2D eigenvalue weighted by Gasteiger charge is -1.81. The van der Waals surface area contributed by atoms with Gasteiger partial charge in [0.25, 0.3) is 5.91 Å². The van der Waals surface area contributed by atoms with Crippen molar-refractivity contribution >= 4 is 18.0 Å². The number of imidazole rings is 1. The summed E-state index contributed by atoms with van der Waals surface area (Å²) in [5.41, 5.74) is 10.1. The Hall–Kier alpha value is -1.85. The summed E-state index contributed by atoms with van der Waals surface area (Å²) < 4.78 is 0. The number of hydrogen-bond acceptors (Lipinski definition) is 4.